The first-order chi connectivity index (χ1) is 14.3. The lowest BCUT2D eigenvalue weighted by atomic mass is 9.74. The summed E-state index contributed by atoms with van der Waals surface area (Å²) in [5.74, 6) is -1.80. The fourth-order valence-electron chi connectivity index (χ4n) is 2.28. The average molecular weight is 637 g/mol. The van der Waals surface area contributed by atoms with E-state index in [0.29, 0.717) is 0 Å². The monoisotopic (exact) mass is 637 g/mol. The summed E-state index contributed by atoms with van der Waals surface area (Å²) in [5.41, 5.74) is -3.40. The SMILES string of the molecule is CC(C)(C)OC(=O)NC1(C(=O)O)CC(OS(=O)(=O)C(F)(F)C(F)(F)OC(F)(F)C(F)(F)I)C1. The van der Waals surface area contributed by atoms with Crippen molar-refractivity contribution in [2.24, 2.45) is 0 Å². The Bertz CT molecular complexity index is 881. The molecular weight excluding hydrogens is 621 g/mol. The van der Waals surface area contributed by atoms with Crippen molar-refractivity contribution in [3.05, 3.63) is 0 Å². The lowest BCUT2D eigenvalue weighted by Crippen LogP contribution is -2.66. The second-order valence-corrected chi connectivity index (χ2v) is 10.7. The predicted octanol–water partition coefficient (Wildman–Crippen LogP) is 3.67. The molecule has 194 valence electrons. The molecule has 0 aromatic heterocycles. The van der Waals surface area contributed by atoms with E-state index in [0.717, 1.165) is 0 Å². The van der Waals surface area contributed by atoms with E-state index in [1.54, 1.807) is 0 Å². The van der Waals surface area contributed by atoms with Crippen molar-refractivity contribution < 1.29 is 71.9 Å². The van der Waals surface area contributed by atoms with Gasteiger partial charge in [0.15, 0.2) is 0 Å². The molecular formula is C14H16F8INO8S. The number of hydrogen-bond acceptors (Lipinski definition) is 7. The van der Waals surface area contributed by atoms with Gasteiger partial charge in [0.25, 0.3) is 0 Å². The van der Waals surface area contributed by atoms with Crippen molar-refractivity contribution in [3.63, 3.8) is 0 Å². The van der Waals surface area contributed by atoms with Crippen LogP contribution in [0.1, 0.15) is 33.6 Å². The van der Waals surface area contributed by atoms with Crippen molar-refractivity contribution in [1.29, 1.82) is 0 Å². The number of amides is 1. The van der Waals surface area contributed by atoms with Gasteiger partial charge in [0.05, 0.1) is 6.10 Å². The fourth-order valence-corrected chi connectivity index (χ4v) is 3.34. The molecule has 0 heterocycles. The van der Waals surface area contributed by atoms with Crippen molar-refractivity contribution in [1.82, 2.24) is 5.32 Å². The molecule has 33 heavy (non-hydrogen) atoms. The highest BCUT2D eigenvalue weighted by atomic mass is 127. The average Bonchev–Trinajstić information content (AvgIpc) is 2.47. The summed E-state index contributed by atoms with van der Waals surface area (Å²) in [6.45, 7) is 4.21. The molecule has 0 radical (unpaired) electrons. The van der Waals surface area contributed by atoms with E-state index >= 15 is 0 Å². The number of alkyl halides is 9. The van der Waals surface area contributed by atoms with Crippen LogP contribution in [0.25, 0.3) is 0 Å². The number of carboxylic acid groups (broad SMARTS) is 1. The number of carboxylic acids is 1. The maximum absolute atomic E-state index is 13.8. The van der Waals surface area contributed by atoms with Crippen LogP contribution in [-0.2, 0) is 28.6 Å². The highest BCUT2D eigenvalue weighted by molar-refractivity contribution is 14.1. The van der Waals surface area contributed by atoms with Gasteiger partial charge in [-0.2, -0.15) is 43.5 Å². The maximum atomic E-state index is 13.8. The molecule has 0 aromatic rings. The lowest BCUT2D eigenvalue weighted by molar-refractivity contribution is -0.439. The zero-order chi connectivity index (χ0) is 26.5. The molecule has 0 unspecified atom stereocenters. The van der Waals surface area contributed by atoms with Crippen LogP contribution in [0.5, 0.6) is 0 Å². The molecule has 0 saturated heterocycles. The van der Waals surface area contributed by atoms with E-state index in [-0.39, 0.29) is 0 Å². The van der Waals surface area contributed by atoms with Gasteiger partial charge in [-0.15, -0.1) is 0 Å². The molecule has 0 aromatic carbocycles. The number of aliphatic carboxylic acids is 1. The third-order valence-corrected chi connectivity index (χ3v) is 5.82. The number of hydrogen-bond donors (Lipinski definition) is 2. The Balaban J connectivity index is 2.99. The van der Waals surface area contributed by atoms with E-state index in [1.165, 1.54) is 20.8 Å². The van der Waals surface area contributed by atoms with Gasteiger partial charge < -0.3 is 15.2 Å². The standard InChI is InChI=1S/C14H16F8INO8S/c1-9(2,3)30-8(27)24-10(7(25)26)4-6(5-10)31-33(28,29)14(21,22)13(19,20)32-12(17,18)11(15,16)23/h6H,4-5H2,1-3H3,(H,24,27)(H,25,26). The van der Waals surface area contributed by atoms with Crippen LogP contribution in [0.2, 0.25) is 0 Å². The molecule has 0 bridgehead atoms. The molecule has 19 heteroatoms. The number of carbonyl (C=O) groups is 2. The third kappa shape index (κ3) is 6.47. The van der Waals surface area contributed by atoms with Gasteiger partial charge in [-0.25, -0.2) is 14.3 Å². The number of halogens is 9. The van der Waals surface area contributed by atoms with Gasteiger partial charge in [-0.3, -0.25) is 4.18 Å². The minimum atomic E-state index is -6.85. The van der Waals surface area contributed by atoms with Crippen molar-refractivity contribution in [3.8, 4) is 0 Å². The third-order valence-electron chi connectivity index (χ3n) is 3.80. The predicted molar refractivity (Wildman–Crippen MR) is 97.7 cm³/mol. The molecule has 2 N–H and O–H groups in total. The number of carbonyl (C=O) groups excluding carboxylic acids is 1. The van der Waals surface area contributed by atoms with Crippen molar-refractivity contribution in [2.75, 3.05) is 0 Å². The van der Waals surface area contributed by atoms with E-state index in [1.807, 2.05) is 5.32 Å². The molecule has 0 atom stereocenters. The van der Waals surface area contributed by atoms with Gasteiger partial charge in [0.2, 0.25) is 0 Å². The molecule has 0 aliphatic heterocycles. The summed E-state index contributed by atoms with van der Waals surface area (Å²) in [6, 6.07) is 0. The highest BCUT2D eigenvalue weighted by Crippen LogP contribution is 2.50. The summed E-state index contributed by atoms with van der Waals surface area (Å²) in [7, 11) is -6.85. The first-order valence-corrected chi connectivity index (χ1v) is 10.8. The summed E-state index contributed by atoms with van der Waals surface area (Å²) >= 11 is -0.397. The Morgan fingerprint density at radius 1 is 1.00 bits per heavy atom. The van der Waals surface area contributed by atoms with Crippen LogP contribution < -0.4 is 5.32 Å². The first kappa shape index (κ1) is 29.8. The molecule has 1 rings (SSSR count). The number of rotatable bonds is 9. The van der Waals surface area contributed by atoms with E-state index in [4.69, 9.17) is 4.74 Å². The van der Waals surface area contributed by atoms with Crippen molar-refractivity contribution >= 4 is 44.8 Å². The van der Waals surface area contributed by atoms with E-state index in [9.17, 15) is 58.2 Å². The lowest BCUT2D eigenvalue weighted by Gasteiger charge is -2.44. The summed E-state index contributed by atoms with van der Waals surface area (Å²) in [5, 5.41) is 4.45. The molecule has 1 aliphatic rings. The largest absolute Gasteiger partial charge is 0.479 e. The second kappa shape index (κ2) is 8.77. The van der Waals surface area contributed by atoms with Crippen LogP contribution >= 0.6 is 22.6 Å². The van der Waals surface area contributed by atoms with Gasteiger partial charge in [0.1, 0.15) is 11.1 Å². The van der Waals surface area contributed by atoms with Crippen LogP contribution in [-0.4, -0.2) is 64.2 Å². The fraction of sp³-hybridized carbons (Fsp3) is 0.857. The van der Waals surface area contributed by atoms with Crippen LogP contribution in [0.3, 0.4) is 0 Å². The Kier molecular flexibility index (Phi) is 7.93. The topological polar surface area (TPSA) is 128 Å². The van der Waals surface area contributed by atoms with Crippen LogP contribution in [0.4, 0.5) is 39.9 Å². The molecule has 1 fully saturated rings. The summed E-state index contributed by atoms with van der Waals surface area (Å²) in [6.07, 6.45) is -18.4. The molecule has 1 saturated carbocycles. The zero-order valence-corrected chi connectivity index (χ0v) is 19.6. The van der Waals surface area contributed by atoms with Crippen molar-refractivity contribution in [2.45, 2.75) is 72.3 Å². The Morgan fingerprint density at radius 2 is 1.45 bits per heavy atom. The normalized spacial score (nSPS) is 23.0. The maximum Gasteiger partial charge on any atom is 0.460 e. The minimum absolute atomic E-state index is 0.397. The molecule has 1 amide bonds. The van der Waals surface area contributed by atoms with Gasteiger partial charge in [0, 0.05) is 35.4 Å². The van der Waals surface area contributed by atoms with Gasteiger partial charge in [-0.1, -0.05) is 0 Å². The Labute approximate surface area is 194 Å². The van der Waals surface area contributed by atoms with Gasteiger partial charge >= 0.3 is 43.6 Å². The van der Waals surface area contributed by atoms with Crippen LogP contribution in [0, 0.1) is 0 Å². The van der Waals surface area contributed by atoms with E-state index < -0.39 is 96.3 Å². The Hall–Kier alpha value is -1.22. The highest BCUT2D eigenvalue weighted by Gasteiger charge is 2.75. The van der Waals surface area contributed by atoms with Crippen LogP contribution in [0.15, 0.2) is 0 Å². The number of ether oxygens (including phenoxy) is 2. The number of nitrogens with one attached hydrogen (secondary N) is 1. The summed E-state index contributed by atoms with van der Waals surface area (Å²) < 4.78 is 134. The number of alkyl carbamates (subject to hydrolysis) is 1. The molecule has 0 spiro atoms. The minimum Gasteiger partial charge on any atom is -0.479 e. The van der Waals surface area contributed by atoms with Gasteiger partial charge in [-0.05, 0) is 20.8 Å². The second-order valence-electron chi connectivity index (χ2n) is 7.74. The quantitative estimate of drug-likeness (QED) is 0.170. The molecule has 9 nitrogen and oxygen atoms in total. The van der Waals surface area contributed by atoms with E-state index in [2.05, 4.69) is 8.92 Å². The molecule has 1 aliphatic carbocycles. The Morgan fingerprint density at radius 3 is 1.82 bits per heavy atom. The first-order valence-electron chi connectivity index (χ1n) is 8.36. The summed E-state index contributed by atoms with van der Waals surface area (Å²) in [4.78, 5) is 23.1. The zero-order valence-electron chi connectivity index (χ0n) is 16.6. The smallest absolute Gasteiger partial charge is 0.460 e.